The number of amides is 1. The van der Waals surface area contributed by atoms with Crippen molar-refractivity contribution in [2.24, 2.45) is 4.99 Å². The molecule has 1 saturated heterocycles. The molecule has 1 heterocycles. The number of rotatable bonds is 2. The number of benzene rings is 1. The number of carbonyl (C=O) groups is 1. The van der Waals surface area contributed by atoms with Crippen LogP contribution in [0.25, 0.3) is 6.08 Å². The second-order valence-corrected chi connectivity index (χ2v) is 5.82. The van der Waals surface area contributed by atoms with Gasteiger partial charge >= 0.3 is 0 Å². The van der Waals surface area contributed by atoms with Gasteiger partial charge in [-0.15, -0.1) is 0 Å². The van der Waals surface area contributed by atoms with E-state index in [0.29, 0.717) is 25.9 Å². The summed E-state index contributed by atoms with van der Waals surface area (Å²) in [5, 5.41) is 1.46. The minimum Gasteiger partial charge on any atom is -0.494 e. The van der Waals surface area contributed by atoms with Gasteiger partial charge in [0.15, 0.2) is 10.9 Å². The molecule has 20 heavy (non-hydrogen) atoms. The zero-order valence-corrected chi connectivity index (χ0v) is 13.4. The number of hydrogen-bond acceptors (Lipinski definition) is 4. The zero-order chi connectivity index (χ0) is 14.9. The summed E-state index contributed by atoms with van der Waals surface area (Å²) >= 11 is 13.5. The zero-order valence-electron chi connectivity index (χ0n) is 11.1. The molecule has 4 nitrogen and oxygen atoms in total. The highest BCUT2D eigenvalue weighted by molar-refractivity contribution is 8.18. The first-order valence-corrected chi connectivity index (χ1v) is 7.22. The molecular formula is C13H12Cl2N2O2S. The number of carbonyl (C=O) groups excluding carboxylic acids is 1. The van der Waals surface area contributed by atoms with Crippen LogP contribution in [0.15, 0.2) is 22.0 Å². The van der Waals surface area contributed by atoms with Crippen LogP contribution in [0.1, 0.15) is 5.56 Å². The fraction of sp³-hybridized carbons (Fsp3) is 0.231. The third-order valence-corrected chi connectivity index (χ3v) is 4.43. The molecule has 0 aromatic heterocycles. The molecule has 2 rings (SSSR count). The molecule has 1 aromatic rings. The molecule has 0 radical (unpaired) electrons. The van der Waals surface area contributed by atoms with Gasteiger partial charge < -0.3 is 4.74 Å². The molecule has 1 aliphatic rings. The molecule has 0 unspecified atom stereocenters. The number of amidine groups is 1. The Morgan fingerprint density at radius 2 is 1.95 bits per heavy atom. The monoisotopic (exact) mass is 330 g/mol. The number of hydrogen-bond donors (Lipinski definition) is 0. The summed E-state index contributed by atoms with van der Waals surface area (Å²) in [6, 6.07) is 3.41. The van der Waals surface area contributed by atoms with E-state index in [2.05, 4.69) is 4.99 Å². The average Bonchev–Trinajstić information content (AvgIpc) is 2.66. The third-order valence-electron chi connectivity index (χ3n) is 2.72. The maximum Gasteiger partial charge on any atom is 0.266 e. The lowest BCUT2D eigenvalue weighted by atomic mass is 10.2. The maximum atomic E-state index is 12.0. The van der Waals surface area contributed by atoms with E-state index in [-0.39, 0.29) is 5.91 Å². The van der Waals surface area contributed by atoms with Crippen LogP contribution in [0, 0.1) is 0 Å². The Morgan fingerprint density at radius 3 is 2.40 bits per heavy atom. The van der Waals surface area contributed by atoms with Crippen molar-refractivity contribution in [1.82, 2.24) is 4.90 Å². The van der Waals surface area contributed by atoms with Crippen LogP contribution in [-0.4, -0.2) is 37.2 Å². The summed E-state index contributed by atoms with van der Waals surface area (Å²) in [5.74, 6) is 0.326. The summed E-state index contributed by atoms with van der Waals surface area (Å²) in [4.78, 5) is 18.2. The summed E-state index contributed by atoms with van der Waals surface area (Å²) in [6.45, 7) is 0. The van der Waals surface area contributed by atoms with Crippen LogP contribution in [0.3, 0.4) is 0 Å². The van der Waals surface area contributed by atoms with E-state index in [1.54, 1.807) is 32.3 Å². The van der Waals surface area contributed by atoms with Crippen molar-refractivity contribution in [2.75, 3.05) is 21.2 Å². The predicted octanol–water partition coefficient (Wildman–Crippen LogP) is 3.53. The topological polar surface area (TPSA) is 41.9 Å². The largest absolute Gasteiger partial charge is 0.494 e. The van der Waals surface area contributed by atoms with Gasteiger partial charge in [-0.1, -0.05) is 23.2 Å². The Hall–Kier alpha value is -1.17. The molecule has 0 spiro atoms. The average molecular weight is 331 g/mol. The summed E-state index contributed by atoms with van der Waals surface area (Å²) < 4.78 is 5.09. The summed E-state index contributed by atoms with van der Waals surface area (Å²) in [5.41, 5.74) is 0.738. The lowest BCUT2D eigenvalue weighted by molar-refractivity contribution is -0.121. The molecule has 1 aromatic carbocycles. The molecule has 106 valence electrons. The van der Waals surface area contributed by atoms with Gasteiger partial charge in [0.05, 0.1) is 22.1 Å². The van der Waals surface area contributed by atoms with E-state index in [1.165, 1.54) is 23.8 Å². The lowest BCUT2D eigenvalue weighted by Crippen LogP contribution is -2.23. The van der Waals surface area contributed by atoms with Crippen molar-refractivity contribution < 1.29 is 9.53 Å². The van der Waals surface area contributed by atoms with Crippen LogP contribution in [0.5, 0.6) is 5.75 Å². The third kappa shape index (κ3) is 2.80. The first kappa shape index (κ1) is 15.2. The van der Waals surface area contributed by atoms with Gasteiger partial charge in [0.25, 0.3) is 5.91 Å². The number of nitrogens with zero attached hydrogens (tertiary/aromatic N) is 2. The number of thioether (sulfide) groups is 1. The van der Waals surface area contributed by atoms with Gasteiger partial charge in [-0.3, -0.25) is 14.7 Å². The first-order chi connectivity index (χ1) is 9.47. The van der Waals surface area contributed by atoms with Gasteiger partial charge in [0, 0.05) is 14.1 Å². The minimum absolute atomic E-state index is 0.0985. The van der Waals surface area contributed by atoms with Crippen molar-refractivity contribution in [3.63, 3.8) is 0 Å². The van der Waals surface area contributed by atoms with Crippen molar-refractivity contribution in [1.29, 1.82) is 0 Å². The van der Waals surface area contributed by atoms with Crippen LogP contribution < -0.4 is 4.74 Å². The predicted molar refractivity (Wildman–Crippen MR) is 84.7 cm³/mol. The lowest BCUT2D eigenvalue weighted by Gasteiger charge is -2.07. The van der Waals surface area contributed by atoms with E-state index >= 15 is 0 Å². The van der Waals surface area contributed by atoms with Crippen LogP contribution in [-0.2, 0) is 4.79 Å². The molecule has 0 atom stereocenters. The fourth-order valence-corrected chi connectivity index (χ4v) is 3.34. The first-order valence-electron chi connectivity index (χ1n) is 5.65. The number of halogens is 2. The van der Waals surface area contributed by atoms with Crippen LogP contribution >= 0.6 is 35.0 Å². The highest BCUT2D eigenvalue weighted by atomic mass is 35.5. The minimum atomic E-state index is -0.0985. The highest BCUT2D eigenvalue weighted by Crippen LogP contribution is 2.36. The Labute approximate surface area is 131 Å². The molecule has 7 heteroatoms. The van der Waals surface area contributed by atoms with E-state index in [1.807, 2.05) is 0 Å². The number of likely N-dealkylation sites (N-methyl/N-ethyl adjacent to an activating group) is 1. The van der Waals surface area contributed by atoms with E-state index in [0.717, 1.165) is 5.56 Å². The Kier molecular flexibility index (Phi) is 4.62. The van der Waals surface area contributed by atoms with Gasteiger partial charge in [-0.2, -0.15) is 0 Å². The summed E-state index contributed by atoms with van der Waals surface area (Å²) in [6.07, 6.45) is 1.74. The normalized spacial score (nSPS) is 19.2. The molecule has 0 aliphatic carbocycles. The van der Waals surface area contributed by atoms with Crippen molar-refractivity contribution >= 4 is 52.1 Å². The Morgan fingerprint density at radius 1 is 1.35 bits per heavy atom. The SMILES string of the molecule is CN=C1SC(=Cc2cc(Cl)c(OC)c(Cl)c2)C(=O)N1C. The Balaban J connectivity index is 2.40. The number of aliphatic imine (C=N–C) groups is 1. The van der Waals surface area contributed by atoms with Crippen LogP contribution in [0.4, 0.5) is 0 Å². The van der Waals surface area contributed by atoms with Gasteiger partial charge in [0.1, 0.15) is 0 Å². The second kappa shape index (κ2) is 6.08. The summed E-state index contributed by atoms with van der Waals surface area (Å²) in [7, 11) is 4.84. The van der Waals surface area contributed by atoms with Gasteiger partial charge in [-0.05, 0) is 35.5 Å². The van der Waals surface area contributed by atoms with Crippen LogP contribution in [0.2, 0.25) is 10.0 Å². The number of methoxy groups -OCH3 is 1. The van der Waals surface area contributed by atoms with Crippen molar-refractivity contribution in [2.45, 2.75) is 0 Å². The van der Waals surface area contributed by atoms with Gasteiger partial charge in [-0.25, -0.2) is 0 Å². The van der Waals surface area contributed by atoms with E-state index in [9.17, 15) is 4.79 Å². The Bertz CT molecular complexity index is 606. The standard InChI is InChI=1S/C13H12Cl2N2O2S/c1-16-13-17(2)12(18)10(20-13)6-7-4-8(14)11(19-3)9(15)5-7/h4-6H,1-3H3. The fourth-order valence-electron chi connectivity index (χ4n) is 1.76. The maximum absolute atomic E-state index is 12.0. The number of ether oxygens (including phenoxy) is 1. The van der Waals surface area contributed by atoms with Crippen molar-refractivity contribution in [3.05, 3.63) is 32.6 Å². The molecular weight excluding hydrogens is 319 g/mol. The smallest absolute Gasteiger partial charge is 0.266 e. The molecule has 1 aliphatic heterocycles. The van der Waals surface area contributed by atoms with E-state index < -0.39 is 0 Å². The molecule has 1 fully saturated rings. The van der Waals surface area contributed by atoms with Gasteiger partial charge in [0.2, 0.25) is 0 Å². The quantitative estimate of drug-likeness (QED) is 0.779. The highest BCUT2D eigenvalue weighted by Gasteiger charge is 2.29. The molecule has 0 bridgehead atoms. The molecule has 1 amide bonds. The second-order valence-electron chi connectivity index (χ2n) is 4.00. The molecule has 0 N–H and O–H groups in total. The molecule has 0 saturated carbocycles. The van der Waals surface area contributed by atoms with Crippen molar-refractivity contribution in [3.8, 4) is 5.75 Å². The van der Waals surface area contributed by atoms with E-state index in [4.69, 9.17) is 27.9 Å².